The van der Waals surface area contributed by atoms with Crippen LogP contribution in [0.3, 0.4) is 0 Å². The van der Waals surface area contributed by atoms with Gasteiger partial charge < -0.3 is 16.0 Å². The minimum absolute atomic E-state index is 0. The quantitative estimate of drug-likeness (QED) is 0.316. The Hall–Kier alpha value is -0.890. The second-order valence-electron chi connectivity index (χ2n) is 5.15. The molecule has 4 nitrogen and oxygen atoms in total. The van der Waals surface area contributed by atoms with Gasteiger partial charge in [-0.3, -0.25) is 0 Å². The molecule has 1 aromatic rings. The molecule has 0 aliphatic rings. The Balaban J connectivity index is 0.00000400. The fraction of sp³-hybridized carbons (Fsp3) is 0.533. The van der Waals surface area contributed by atoms with Crippen LogP contribution < -0.4 is 11.1 Å². The second kappa shape index (κ2) is 10.8. The van der Waals surface area contributed by atoms with Gasteiger partial charge in [0.2, 0.25) is 0 Å². The predicted molar refractivity (Wildman–Crippen MR) is 97.4 cm³/mol. The Morgan fingerprint density at radius 1 is 1.38 bits per heavy atom. The maximum absolute atomic E-state index is 13.6. The Morgan fingerprint density at radius 2 is 2.10 bits per heavy atom. The first-order chi connectivity index (χ1) is 9.52. The molecule has 0 atom stereocenters. The normalized spacial score (nSPS) is 11.4. The van der Waals surface area contributed by atoms with Crippen LogP contribution in [0.15, 0.2) is 23.2 Å². The van der Waals surface area contributed by atoms with Gasteiger partial charge in [-0.15, -0.1) is 24.0 Å². The lowest BCUT2D eigenvalue weighted by atomic mass is 10.1. The molecule has 0 aliphatic carbocycles. The summed E-state index contributed by atoms with van der Waals surface area (Å²) in [5.41, 5.74) is 7.41. The maximum Gasteiger partial charge on any atom is 0.188 e. The van der Waals surface area contributed by atoms with E-state index in [4.69, 9.17) is 5.73 Å². The van der Waals surface area contributed by atoms with Crippen molar-refractivity contribution in [3.63, 3.8) is 0 Å². The number of nitrogens with two attached hydrogens (primary N) is 1. The first-order valence-electron chi connectivity index (χ1n) is 6.98. The Bertz CT molecular complexity index is 449. The molecule has 0 saturated heterocycles. The maximum atomic E-state index is 13.6. The van der Waals surface area contributed by atoms with Gasteiger partial charge in [-0.2, -0.15) is 0 Å². The Morgan fingerprint density at radius 3 is 2.71 bits per heavy atom. The molecule has 21 heavy (non-hydrogen) atoms. The standard InChI is InChI=1S/C15H25FN4.HI/c1-4-5-8-18-15(17)19-10-12-6-7-14(16)13(9-12)11-20(2)3;/h6-7,9H,4-5,8,10-11H2,1-3H3,(H3,17,18,19);1H. The van der Waals surface area contributed by atoms with Crippen molar-refractivity contribution in [1.29, 1.82) is 0 Å². The van der Waals surface area contributed by atoms with E-state index >= 15 is 0 Å². The highest BCUT2D eigenvalue weighted by atomic mass is 127. The first kappa shape index (κ1) is 20.1. The topological polar surface area (TPSA) is 53.6 Å². The van der Waals surface area contributed by atoms with E-state index in [2.05, 4.69) is 17.2 Å². The van der Waals surface area contributed by atoms with Gasteiger partial charge in [0.05, 0.1) is 6.54 Å². The van der Waals surface area contributed by atoms with Crippen molar-refractivity contribution in [2.45, 2.75) is 32.9 Å². The van der Waals surface area contributed by atoms with E-state index in [-0.39, 0.29) is 29.8 Å². The fourth-order valence-electron chi connectivity index (χ4n) is 1.81. The third-order valence-electron chi connectivity index (χ3n) is 2.87. The number of benzene rings is 1. The van der Waals surface area contributed by atoms with Crippen molar-refractivity contribution in [2.75, 3.05) is 20.6 Å². The van der Waals surface area contributed by atoms with Gasteiger partial charge in [0.15, 0.2) is 5.96 Å². The average molecular weight is 408 g/mol. The molecule has 0 aromatic heterocycles. The lowest BCUT2D eigenvalue weighted by Gasteiger charge is -2.11. The van der Waals surface area contributed by atoms with E-state index in [9.17, 15) is 4.39 Å². The van der Waals surface area contributed by atoms with E-state index in [0.29, 0.717) is 24.6 Å². The van der Waals surface area contributed by atoms with Crippen molar-refractivity contribution in [1.82, 2.24) is 10.2 Å². The highest BCUT2D eigenvalue weighted by molar-refractivity contribution is 14.0. The summed E-state index contributed by atoms with van der Waals surface area (Å²) >= 11 is 0. The molecule has 0 aliphatic heterocycles. The summed E-state index contributed by atoms with van der Waals surface area (Å²) in [6.07, 6.45) is 2.19. The largest absolute Gasteiger partial charge is 0.370 e. The van der Waals surface area contributed by atoms with Crippen LogP contribution in [-0.2, 0) is 13.1 Å². The van der Waals surface area contributed by atoms with Crippen molar-refractivity contribution >= 4 is 29.9 Å². The van der Waals surface area contributed by atoms with Crippen LogP contribution in [0.5, 0.6) is 0 Å². The van der Waals surface area contributed by atoms with Gasteiger partial charge in [-0.1, -0.05) is 19.4 Å². The molecule has 0 heterocycles. The van der Waals surface area contributed by atoms with Crippen LogP contribution in [0.1, 0.15) is 30.9 Å². The highest BCUT2D eigenvalue weighted by Gasteiger charge is 2.04. The molecule has 0 saturated carbocycles. The van der Waals surface area contributed by atoms with Gasteiger partial charge in [-0.25, -0.2) is 9.38 Å². The summed E-state index contributed by atoms with van der Waals surface area (Å²) in [7, 11) is 3.83. The smallest absolute Gasteiger partial charge is 0.188 e. The molecule has 120 valence electrons. The lowest BCUT2D eigenvalue weighted by Crippen LogP contribution is -2.32. The van der Waals surface area contributed by atoms with Gasteiger partial charge in [0.1, 0.15) is 5.82 Å². The number of halogens is 2. The zero-order chi connectivity index (χ0) is 15.0. The van der Waals surface area contributed by atoms with E-state index in [1.165, 1.54) is 6.07 Å². The zero-order valence-electron chi connectivity index (χ0n) is 13.0. The molecule has 0 bridgehead atoms. The molecule has 0 amide bonds. The van der Waals surface area contributed by atoms with E-state index in [1.54, 1.807) is 6.07 Å². The zero-order valence-corrected chi connectivity index (χ0v) is 15.4. The molecule has 1 aromatic carbocycles. The van der Waals surface area contributed by atoms with Crippen LogP contribution in [0, 0.1) is 5.82 Å². The van der Waals surface area contributed by atoms with E-state index in [0.717, 1.165) is 24.9 Å². The minimum atomic E-state index is -0.180. The number of guanidine groups is 1. The van der Waals surface area contributed by atoms with E-state index in [1.807, 2.05) is 25.1 Å². The monoisotopic (exact) mass is 408 g/mol. The summed E-state index contributed by atoms with van der Waals surface area (Å²) < 4.78 is 13.6. The van der Waals surface area contributed by atoms with Gasteiger partial charge >= 0.3 is 0 Å². The molecular weight excluding hydrogens is 382 g/mol. The van der Waals surface area contributed by atoms with Crippen LogP contribution >= 0.6 is 24.0 Å². The number of hydrogen-bond donors (Lipinski definition) is 2. The van der Waals surface area contributed by atoms with Gasteiger partial charge in [0.25, 0.3) is 0 Å². The second-order valence-corrected chi connectivity index (χ2v) is 5.15. The van der Waals surface area contributed by atoms with Crippen molar-refractivity contribution in [2.24, 2.45) is 10.7 Å². The lowest BCUT2D eigenvalue weighted by molar-refractivity contribution is 0.392. The molecule has 1 rings (SSSR count). The average Bonchev–Trinajstić information content (AvgIpc) is 2.39. The van der Waals surface area contributed by atoms with Gasteiger partial charge in [-0.05, 0) is 38.2 Å². The van der Waals surface area contributed by atoms with Gasteiger partial charge in [0, 0.05) is 18.7 Å². The summed E-state index contributed by atoms with van der Waals surface area (Å²) in [5, 5.41) is 3.06. The third-order valence-corrected chi connectivity index (χ3v) is 2.87. The van der Waals surface area contributed by atoms with E-state index < -0.39 is 0 Å². The molecular formula is C15H26FIN4. The van der Waals surface area contributed by atoms with Crippen molar-refractivity contribution < 1.29 is 4.39 Å². The summed E-state index contributed by atoms with van der Waals surface area (Å²) in [4.78, 5) is 6.20. The number of aliphatic imine (C=N–C) groups is 1. The first-order valence-corrected chi connectivity index (χ1v) is 6.98. The highest BCUT2D eigenvalue weighted by Crippen LogP contribution is 2.13. The SMILES string of the molecule is CCCCNC(N)=NCc1ccc(F)c(CN(C)C)c1.I. The molecule has 6 heteroatoms. The van der Waals surface area contributed by atoms with Crippen LogP contribution in [0.2, 0.25) is 0 Å². The number of nitrogens with zero attached hydrogens (tertiary/aromatic N) is 2. The number of unbranched alkanes of at least 4 members (excludes halogenated alkanes) is 1. The molecule has 0 unspecified atom stereocenters. The Kier molecular flexibility index (Phi) is 10.3. The van der Waals surface area contributed by atoms with Crippen LogP contribution in [0.25, 0.3) is 0 Å². The summed E-state index contributed by atoms with van der Waals surface area (Å²) in [5.74, 6) is 0.261. The van der Waals surface area contributed by atoms with Crippen LogP contribution in [0.4, 0.5) is 4.39 Å². The Labute approximate surface area is 144 Å². The molecule has 0 spiro atoms. The fourth-order valence-corrected chi connectivity index (χ4v) is 1.81. The van der Waals surface area contributed by atoms with Crippen molar-refractivity contribution in [3.05, 3.63) is 35.1 Å². The summed E-state index contributed by atoms with van der Waals surface area (Å²) in [6.45, 7) is 4.00. The number of hydrogen-bond acceptors (Lipinski definition) is 2. The van der Waals surface area contributed by atoms with Crippen molar-refractivity contribution in [3.8, 4) is 0 Å². The molecule has 0 radical (unpaired) electrons. The number of rotatable bonds is 7. The molecule has 0 fully saturated rings. The van der Waals surface area contributed by atoms with Crippen LogP contribution in [-0.4, -0.2) is 31.5 Å². The third kappa shape index (κ3) is 8.21. The molecule has 3 N–H and O–H groups in total. The number of nitrogens with one attached hydrogen (secondary N) is 1. The summed E-state index contributed by atoms with van der Waals surface area (Å²) in [6, 6.07) is 5.08. The minimum Gasteiger partial charge on any atom is -0.370 e. The predicted octanol–water partition coefficient (Wildman–Crippen LogP) is 2.71.